The second-order valence-electron chi connectivity index (χ2n) is 5.32. The SMILES string of the molecule is OCC1(CNc2c(Cl)cc(Br)cc2Cl)CCCCC1. The number of anilines is 1. The smallest absolute Gasteiger partial charge is 0.0719 e. The molecule has 0 spiro atoms. The van der Waals surface area contributed by atoms with E-state index in [0.29, 0.717) is 16.6 Å². The lowest BCUT2D eigenvalue weighted by Gasteiger charge is -2.36. The van der Waals surface area contributed by atoms with Crippen molar-refractivity contribution in [1.29, 1.82) is 0 Å². The van der Waals surface area contributed by atoms with Crippen LogP contribution in [0, 0.1) is 5.41 Å². The number of benzene rings is 1. The van der Waals surface area contributed by atoms with Crippen molar-refractivity contribution >= 4 is 44.8 Å². The van der Waals surface area contributed by atoms with Gasteiger partial charge in [0.2, 0.25) is 0 Å². The highest BCUT2D eigenvalue weighted by molar-refractivity contribution is 9.10. The van der Waals surface area contributed by atoms with E-state index in [2.05, 4.69) is 21.2 Å². The Hall–Kier alpha value is 0.0400. The molecule has 2 nitrogen and oxygen atoms in total. The molecule has 0 heterocycles. The van der Waals surface area contributed by atoms with Gasteiger partial charge < -0.3 is 10.4 Å². The maximum atomic E-state index is 9.69. The van der Waals surface area contributed by atoms with Crippen LogP contribution in [0.1, 0.15) is 32.1 Å². The van der Waals surface area contributed by atoms with Gasteiger partial charge in [0.1, 0.15) is 0 Å². The molecular weight excluding hydrogens is 349 g/mol. The number of rotatable bonds is 4. The summed E-state index contributed by atoms with van der Waals surface area (Å²) in [5.41, 5.74) is 0.725. The van der Waals surface area contributed by atoms with E-state index in [1.54, 1.807) is 0 Å². The predicted molar refractivity (Wildman–Crippen MR) is 85.3 cm³/mol. The summed E-state index contributed by atoms with van der Waals surface area (Å²) in [4.78, 5) is 0. The van der Waals surface area contributed by atoms with Crippen molar-refractivity contribution in [2.24, 2.45) is 5.41 Å². The predicted octanol–water partition coefficient (Wildman–Crippen LogP) is 5.11. The molecule has 0 radical (unpaired) electrons. The van der Waals surface area contributed by atoms with Gasteiger partial charge in [0.25, 0.3) is 0 Å². The molecule has 2 N–H and O–H groups in total. The molecule has 1 aliphatic rings. The third-order valence-electron chi connectivity index (χ3n) is 3.90. The first-order valence-corrected chi connectivity index (χ1v) is 8.10. The Bertz CT molecular complexity index is 424. The summed E-state index contributed by atoms with van der Waals surface area (Å²) in [7, 11) is 0. The van der Waals surface area contributed by atoms with Gasteiger partial charge in [-0.25, -0.2) is 0 Å². The van der Waals surface area contributed by atoms with E-state index >= 15 is 0 Å². The molecule has 0 bridgehead atoms. The maximum Gasteiger partial charge on any atom is 0.0719 e. The zero-order chi connectivity index (χ0) is 13.9. The van der Waals surface area contributed by atoms with Crippen molar-refractivity contribution in [2.45, 2.75) is 32.1 Å². The Morgan fingerprint density at radius 1 is 1.16 bits per heavy atom. The van der Waals surface area contributed by atoms with Crippen LogP contribution >= 0.6 is 39.1 Å². The van der Waals surface area contributed by atoms with Gasteiger partial charge >= 0.3 is 0 Å². The number of aliphatic hydroxyl groups is 1. The van der Waals surface area contributed by atoms with Crippen molar-refractivity contribution in [3.8, 4) is 0 Å². The minimum atomic E-state index is -0.0298. The highest BCUT2D eigenvalue weighted by atomic mass is 79.9. The lowest BCUT2D eigenvalue weighted by Crippen LogP contribution is -2.35. The fraction of sp³-hybridized carbons (Fsp3) is 0.571. The Labute approximate surface area is 132 Å². The lowest BCUT2D eigenvalue weighted by molar-refractivity contribution is 0.0944. The molecule has 106 valence electrons. The van der Waals surface area contributed by atoms with Crippen LogP contribution in [0.3, 0.4) is 0 Å². The van der Waals surface area contributed by atoms with E-state index in [1.165, 1.54) is 19.3 Å². The molecule has 0 amide bonds. The summed E-state index contributed by atoms with van der Waals surface area (Å²) in [6.45, 7) is 0.927. The van der Waals surface area contributed by atoms with Crippen LogP contribution < -0.4 is 5.32 Å². The van der Waals surface area contributed by atoms with Gasteiger partial charge in [-0.1, -0.05) is 58.4 Å². The maximum absolute atomic E-state index is 9.69. The Kier molecular flexibility index (Phi) is 5.41. The monoisotopic (exact) mass is 365 g/mol. The van der Waals surface area contributed by atoms with E-state index in [-0.39, 0.29) is 12.0 Å². The topological polar surface area (TPSA) is 32.3 Å². The molecule has 1 aromatic rings. The van der Waals surface area contributed by atoms with E-state index in [4.69, 9.17) is 23.2 Å². The third-order valence-corrected chi connectivity index (χ3v) is 4.95. The third kappa shape index (κ3) is 3.78. The fourth-order valence-electron chi connectivity index (χ4n) is 2.68. The average Bonchev–Trinajstić information content (AvgIpc) is 2.38. The van der Waals surface area contributed by atoms with E-state index in [0.717, 1.165) is 23.0 Å². The number of halogens is 3. The molecule has 1 aliphatic carbocycles. The Balaban J connectivity index is 2.09. The van der Waals surface area contributed by atoms with Gasteiger partial charge in [0.05, 0.1) is 22.3 Å². The highest BCUT2D eigenvalue weighted by Crippen LogP contribution is 2.38. The van der Waals surface area contributed by atoms with Crippen LogP contribution in [-0.2, 0) is 0 Å². The molecule has 1 fully saturated rings. The first-order chi connectivity index (χ1) is 9.06. The van der Waals surface area contributed by atoms with Crippen LogP contribution in [0.25, 0.3) is 0 Å². The first kappa shape index (κ1) is 15.4. The van der Waals surface area contributed by atoms with Crippen molar-refractivity contribution in [1.82, 2.24) is 0 Å². The van der Waals surface area contributed by atoms with Gasteiger partial charge in [-0.05, 0) is 25.0 Å². The van der Waals surface area contributed by atoms with Gasteiger partial charge in [-0.2, -0.15) is 0 Å². The van der Waals surface area contributed by atoms with Crippen LogP contribution in [0.2, 0.25) is 10.0 Å². The molecule has 0 unspecified atom stereocenters. The molecule has 0 atom stereocenters. The Morgan fingerprint density at radius 2 is 1.74 bits per heavy atom. The van der Waals surface area contributed by atoms with Crippen molar-refractivity contribution in [3.05, 3.63) is 26.7 Å². The number of nitrogens with one attached hydrogen (secondary N) is 1. The highest BCUT2D eigenvalue weighted by Gasteiger charge is 2.31. The van der Waals surface area contributed by atoms with Gasteiger partial charge in [0.15, 0.2) is 0 Å². The zero-order valence-electron chi connectivity index (χ0n) is 10.7. The van der Waals surface area contributed by atoms with E-state index < -0.39 is 0 Å². The van der Waals surface area contributed by atoms with Gasteiger partial charge in [-0.3, -0.25) is 0 Å². The first-order valence-electron chi connectivity index (χ1n) is 6.56. The molecule has 5 heteroatoms. The summed E-state index contributed by atoms with van der Waals surface area (Å²) in [6.07, 6.45) is 5.75. The fourth-order valence-corrected chi connectivity index (χ4v) is 4.02. The van der Waals surface area contributed by atoms with Gasteiger partial charge in [0, 0.05) is 16.4 Å². The summed E-state index contributed by atoms with van der Waals surface area (Å²) in [5, 5.41) is 14.2. The summed E-state index contributed by atoms with van der Waals surface area (Å²) in [6, 6.07) is 3.64. The molecule has 0 aliphatic heterocycles. The van der Waals surface area contributed by atoms with Gasteiger partial charge in [-0.15, -0.1) is 0 Å². The minimum Gasteiger partial charge on any atom is -0.396 e. The molecular formula is C14H18BrCl2NO. The van der Waals surface area contributed by atoms with E-state index in [1.807, 2.05) is 12.1 Å². The summed E-state index contributed by atoms with van der Waals surface area (Å²) < 4.78 is 0.864. The largest absolute Gasteiger partial charge is 0.396 e. The average molecular weight is 367 g/mol. The van der Waals surface area contributed by atoms with Crippen LogP contribution in [0.4, 0.5) is 5.69 Å². The van der Waals surface area contributed by atoms with Crippen molar-refractivity contribution < 1.29 is 5.11 Å². The van der Waals surface area contributed by atoms with Crippen LogP contribution in [0.5, 0.6) is 0 Å². The molecule has 19 heavy (non-hydrogen) atoms. The molecule has 0 aromatic heterocycles. The quantitative estimate of drug-likeness (QED) is 0.775. The standard InChI is InChI=1S/C14H18BrCl2NO/c15-10-6-11(16)13(12(17)7-10)18-8-14(9-19)4-2-1-3-5-14/h6-7,18-19H,1-5,8-9H2. The second kappa shape index (κ2) is 6.66. The molecule has 2 rings (SSSR count). The zero-order valence-corrected chi connectivity index (χ0v) is 13.8. The molecule has 1 aromatic carbocycles. The minimum absolute atomic E-state index is 0.0298. The second-order valence-corrected chi connectivity index (χ2v) is 7.05. The van der Waals surface area contributed by atoms with Crippen LogP contribution in [-0.4, -0.2) is 18.3 Å². The lowest BCUT2D eigenvalue weighted by atomic mass is 9.74. The van der Waals surface area contributed by atoms with Crippen molar-refractivity contribution in [2.75, 3.05) is 18.5 Å². The van der Waals surface area contributed by atoms with Crippen molar-refractivity contribution in [3.63, 3.8) is 0 Å². The number of hydrogen-bond acceptors (Lipinski definition) is 2. The van der Waals surface area contributed by atoms with Crippen LogP contribution in [0.15, 0.2) is 16.6 Å². The summed E-state index contributed by atoms with van der Waals surface area (Å²) >= 11 is 15.8. The number of hydrogen-bond donors (Lipinski definition) is 2. The normalized spacial score (nSPS) is 18.3. The number of aliphatic hydroxyl groups excluding tert-OH is 1. The molecule has 0 saturated heterocycles. The van der Waals surface area contributed by atoms with E-state index in [9.17, 15) is 5.11 Å². The summed E-state index contributed by atoms with van der Waals surface area (Å²) in [5.74, 6) is 0. The Morgan fingerprint density at radius 3 is 2.26 bits per heavy atom. The molecule has 1 saturated carbocycles.